The van der Waals surface area contributed by atoms with E-state index in [0.717, 1.165) is 16.7 Å². The Balaban J connectivity index is 2.83. The number of alkyl carbamates (subject to hydrolysis) is 2. The van der Waals surface area contributed by atoms with E-state index >= 15 is 0 Å². The molecule has 0 fully saturated rings. The summed E-state index contributed by atoms with van der Waals surface area (Å²) in [6.45, 7) is 13.4. The van der Waals surface area contributed by atoms with E-state index in [4.69, 9.17) is 15.2 Å². The predicted molar refractivity (Wildman–Crippen MR) is 116 cm³/mol. The first-order valence-corrected chi connectivity index (χ1v) is 9.98. The summed E-state index contributed by atoms with van der Waals surface area (Å²) in [7, 11) is 0. The Kier molecular flexibility index (Phi) is 8.52. The number of nitrogens with one attached hydrogen (secondary N) is 2. The minimum absolute atomic E-state index is 0.324. The van der Waals surface area contributed by atoms with Crippen molar-refractivity contribution in [1.29, 1.82) is 5.26 Å². The average molecular weight is 419 g/mol. The van der Waals surface area contributed by atoms with E-state index < -0.39 is 23.4 Å². The van der Waals surface area contributed by atoms with Crippen molar-refractivity contribution in [3.8, 4) is 6.07 Å². The second-order valence-electron chi connectivity index (χ2n) is 9.07. The fourth-order valence-electron chi connectivity index (χ4n) is 2.81. The zero-order valence-corrected chi connectivity index (χ0v) is 19.1. The fourth-order valence-corrected chi connectivity index (χ4v) is 2.81. The molecular formula is C22H34N4O4. The van der Waals surface area contributed by atoms with Crippen LogP contribution in [0, 0.1) is 18.3 Å². The number of nitrogens with two attached hydrogens (primary N) is 1. The van der Waals surface area contributed by atoms with Gasteiger partial charge in [0.1, 0.15) is 17.3 Å². The number of hydrogen-bond acceptors (Lipinski definition) is 6. The van der Waals surface area contributed by atoms with Crippen LogP contribution in [0.25, 0.3) is 0 Å². The molecule has 0 saturated carbocycles. The quantitative estimate of drug-likeness (QED) is 0.606. The van der Waals surface area contributed by atoms with Crippen LogP contribution in [-0.4, -0.2) is 36.5 Å². The number of hydrogen-bond donors (Lipinski definition) is 3. The molecule has 30 heavy (non-hydrogen) atoms. The highest BCUT2D eigenvalue weighted by Crippen LogP contribution is 2.26. The van der Waals surface area contributed by atoms with Crippen LogP contribution in [0.4, 0.5) is 15.3 Å². The van der Waals surface area contributed by atoms with Crippen LogP contribution < -0.4 is 16.4 Å². The number of nitriles is 1. The van der Waals surface area contributed by atoms with E-state index in [1.807, 2.05) is 6.92 Å². The van der Waals surface area contributed by atoms with Gasteiger partial charge in [0.2, 0.25) is 0 Å². The topological polar surface area (TPSA) is 126 Å². The van der Waals surface area contributed by atoms with Gasteiger partial charge in [-0.2, -0.15) is 5.26 Å². The molecule has 4 N–H and O–H groups in total. The molecule has 0 aromatic heterocycles. The Hall–Kier alpha value is -2.95. The van der Waals surface area contributed by atoms with Crippen molar-refractivity contribution in [2.75, 3.05) is 18.8 Å². The maximum absolute atomic E-state index is 11.8. The molecule has 0 aliphatic heterocycles. The summed E-state index contributed by atoms with van der Waals surface area (Å²) >= 11 is 0. The van der Waals surface area contributed by atoms with Crippen LogP contribution >= 0.6 is 0 Å². The Morgan fingerprint density at radius 1 is 1.00 bits per heavy atom. The Morgan fingerprint density at radius 2 is 1.47 bits per heavy atom. The standard InChI is InChI=1S/C22H34N4O4/c1-14-15(8-10-25-19(27)29-21(2,3)4)12-16(13-23)18(24)17(14)9-11-26-20(28)30-22(5,6)7/h12H,8-11,24H2,1-7H3,(H,25,27)(H,26,28). The van der Waals surface area contributed by atoms with E-state index in [2.05, 4.69) is 16.7 Å². The highest BCUT2D eigenvalue weighted by molar-refractivity contribution is 5.69. The molecule has 0 atom stereocenters. The normalized spacial score (nSPS) is 11.4. The van der Waals surface area contributed by atoms with Crippen LogP contribution in [-0.2, 0) is 22.3 Å². The molecule has 1 aromatic carbocycles. The lowest BCUT2D eigenvalue weighted by molar-refractivity contribution is 0.0517. The first-order chi connectivity index (χ1) is 13.7. The molecule has 0 aliphatic carbocycles. The van der Waals surface area contributed by atoms with Crippen LogP contribution in [0.2, 0.25) is 0 Å². The third-order valence-electron chi connectivity index (χ3n) is 4.09. The number of benzene rings is 1. The van der Waals surface area contributed by atoms with Crippen LogP contribution in [0.5, 0.6) is 0 Å². The number of carbonyl (C=O) groups excluding carboxylic acids is 2. The van der Waals surface area contributed by atoms with E-state index in [1.54, 1.807) is 47.6 Å². The lowest BCUT2D eigenvalue weighted by Crippen LogP contribution is -2.34. The first kappa shape index (κ1) is 25.1. The number of anilines is 1. The SMILES string of the molecule is Cc1c(CCNC(=O)OC(C)(C)C)cc(C#N)c(N)c1CCNC(=O)OC(C)(C)C. The largest absolute Gasteiger partial charge is 0.444 e. The summed E-state index contributed by atoms with van der Waals surface area (Å²) in [6.07, 6.45) is -0.0133. The zero-order valence-electron chi connectivity index (χ0n) is 19.1. The summed E-state index contributed by atoms with van der Waals surface area (Å²) < 4.78 is 10.5. The number of nitrogen functional groups attached to an aromatic ring is 1. The number of ether oxygens (including phenoxy) is 2. The highest BCUT2D eigenvalue weighted by atomic mass is 16.6. The van der Waals surface area contributed by atoms with Crippen molar-refractivity contribution in [3.05, 3.63) is 28.3 Å². The Labute approximate surface area is 179 Å². The van der Waals surface area contributed by atoms with Gasteiger partial charge in [-0.25, -0.2) is 9.59 Å². The maximum Gasteiger partial charge on any atom is 0.407 e. The van der Waals surface area contributed by atoms with Crippen molar-refractivity contribution in [2.45, 2.75) is 72.5 Å². The van der Waals surface area contributed by atoms with Gasteiger partial charge in [0.05, 0.1) is 11.3 Å². The van der Waals surface area contributed by atoms with Gasteiger partial charge >= 0.3 is 12.2 Å². The van der Waals surface area contributed by atoms with E-state index in [9.17, 15) is 14.9 Å². The van der Waals surface area contributed by atoms with Crippen molar-refractivity contribution < 1.29 is 19.1 Å². The zero-order chi connectivity index (χ0) is 23.1. The third-order valence-corrected chi connectivity index (χ3v) is 4.09. The molecule has 8 nitrogen and oxygen atoms in total. The lowest BCUT2D eigenvalue weighted by Gasteiger charge is -2.21. The van der Waals surface area contributed by atoms with Crippen LogP contribution in [0.1, 0.15) is 63.8 Å². The second-order valence-corrected chi connectivity index (χ2v) is 9.07. The minimum Gasteiger partial charge on any atom is -0.444 e. The lowest BCUT2D eigenvalue weighted by atomic mass is 9.93. The summed E-state index contributed by atoms with van der Waals surface area (Å²) in [6, 6.07) is 3.86. The Morgan fingerprint density at radius 3 is 1.90 bits per heavy atom. The minimum atomic E-state index is -0.575. The van der Waals surface area contributed by atoms with Crippen molar-refractivity contribution >= 4 is 17.9 Å². The molecule has 0 radical (unpaired) electrons. The van der Waals surface area contributed by atoms with Gasteiger partial charge in [-0.15, -0.1) is 0 Å². The second kappa shape index (κ2) is 10.2. The maximum atomic E-state index is 11.8. The van der Waals surface area contributed by atoms with Gasteiger partial charge in [-0.05, 0) is 84.1 Å². The summed E-state index contributed by atoms with van der Waals surface area (Å²) in [4.78, 5) is 23.7. The first-order valence-electron chi connectivity index (χ1n) is 9.98. The molecule has 2 amide bonds. The summed E-state index contributed by atoms with van der Waals surface area (Å²) in [5.74, 6) is 0. The van der Waals surface area contributed by atoms with Crippen LogP contribution in [0.3, 0.4) is 0 Å². The molecule has 1 rings (SSSR count). The Bertz CT molecular complexity index is 814. The third kappa shape index (κ3) is 8.60. The molecule has 0 unspecified atom stereocenters. The van der Waals surface area contributed by atoms with Gasteiger partial charge in [-0.1, -0.05) is 0 Å². The van der Waals surface area contributed by atoms with Gasteiger partial charge < -0.3 is 25.8 Å². The number of rotatable bonds is 6. The van der Waals surface area contributed by atoms with Gasteiger partial charge in [0.25, 0.3) is 0 Å². The van der Waals surface area contributed by atoms with Gasteiger partial charge in [-0.3, -0.25) is 0 Å². The van der Waals surface area contributed by atoms with Crippen LogP contribution in [0.15, 0.2) is 6.07 Å². The van der Waals surface area contributed by atoms with Crippen molar-refractivity contribution in [3.63, 3.8) is 0 Å². The molecule has 0 saturated heterocycles. The molecule has 0 heterocycles. The van der Waals surface area contributed by atoms with Gasteiger partial charge in [0, 0.05) is 13.1 Å². The fraction of sp³-hybridized carbons (Fsp3) is 0.591. The van der Waals surface area contributed by atoms with E-state index in [1.165, 1.54) is 0 Å². The predicted octanol–water partition coefficient (Wildman–Crippen LogP) is 3.58. The monoisotopic (exact) mass is 418 g/mol. The average Bonchev–Trinajstić information content (AvgIpc) is 2.56. The molecule has 166 valence electrons. The summed E-state index contributed by atoms with van der Waals surface area (Å²) in [5.41, 5.74) is 8.46. The number of amides is 2. The van der Waals surface area contributed by atoms with Crippen molar-refractivity contribution in [1.82, 2.24) is 10.6 Å². The van der Waals surface area contributed by atoms with E-state index in [0.29, 0.717) is 37.2 Å². The molecule has 8 heteroatoms. The van der Waals surface area contributed by atoms with Crippen molar-refractivity contribution in [2.24, 2.45) is 0 Å². The molecule has 0 aliphatic rings. The number of nitrogens with zero attached hydrogens (tertiary/aromatic N) is 1. The molecular weight excluding hydrogens is 384 g/mol. The smallest absolute Gasteiger partial charge is 0.407 e. The summed E-state index contributed by atoms with van der Waals surface area (Å²) in [5, 5.41) is 14.9. The number of carbonyl (C=O) groups is 2. The van der Waals surface area contributed by atoms with E-state index in [-0.39, 0.29) is 0 Å². The highest BCUT2D eigenvalue weighted by Gasteiger charge is 2.18. The molecule has 1 aromatic rings. The molecule has 0 bridgehead atoms. The van der Waals surface area contributed by atoms with Gasteiger partial charge in [0.15, 0.2) is 0 Å². The molecule has 0 spiro atoms.